The minimum atomic E-state index is 0. The Morgan fingerprint density at radius 1 is 0.750 bits per heavy atom. The van der Waals surface area contributed by atoms with E-state index in [1.165, 1.54) is 96.3 Å². The number of hydrogen-bond donors (Lipinski definition) is 0. The molecule has 0 aromatic rings. The van der Waals surface area contributed by atoms with Crippen LogP contribution in [0.4, 0.5) is 0 Å². The van der Waals surface area contributed by atoms with Crippen LogP contribution >= 0.6 is 0 Å². The second-order valence-corrected chi connectivity index (χ2v) is 8.08. The zero-order valence-corrected chi connectivity index (χ0v) is 20.0. The Hall–Kier alpha value is 0.249. The van der Waals surface area contributed by atoms with E-state index in [2.05, 4.69) is 19.1 Å². The van der Waals surface area contributed by atoms with Gasteiger partial charge in [-0.25, -0.2) is 0 Å². The molecule has 2 nitrogen and oxygen atoms in total. The number of hydrogen-bond acceptors (Lipinski definition) is 2. The van der Waals surface area contributed by atoms with Gasteiger partial charge in [0, 0.05) is 40.6 Å². The molecule has 1 saturated carbocycles. The summed E-state index contributed by atoms with van der Waals surface area (Å²) in [6.45, 7) is 2.27. The summed E-state index contributed by atoms with van der Waals surface area (Å²) in [6.07, 6.45) is 28.3. The molecule has 1 rings (SSSR count). The van der Waals surface area contributed by atoms with E-state index < -0.39 is 0 Å². The summed E-state index contributed by atoms with van der Waals surface area (Å²) in [4.78, 5) is 11.8. The molecule has 1 fully saturated rings. The third-order valence-electron chi connectivity index (χ3n) is 5.49. The molecule has 28 heavy (non-hydrogen) atoms. The molecule has 1 aliphatic carbocycles. The number of carbonyl (C=O) groups excluding carboxylic acids is 1. The molecular formula is C24H44Cu2O2. The van der Waals surface area contributed by atoms with E-state index >= 15 is 0 Å². The van der Waals surface area contributed by atoms with Crippen LogP contribution in [0.5, 0.6) is 0 Å². The number of allylic oxidation sites excluding steroid dienone is 2. The Morgan fingerprint density at radius 3 is 1.82 bits per heavy atom. The first-order chi connectivity index (χ1) is 12.8. The summed E-state index contributed by atoms with van der Waals surface area (Å²) in [6, 6.07) is 0. The van der Waals surface area contributed by atoms with Crippen LogP contribution in [-0.2, 0) is 43.7 Å². The van der Waals surface area contributed by atoms with E-state index in [9.17, 15) is 4.79 Å². The quantitative estimate of drug-likeness (QED) is 0.0949. The number of carbonyl (C=O) groups is 1. The van der Waals surface area contributed by atoms with Gasteiger partial charge in [0.1, 0.15) is 6.10 Å². The van der Waals surface area contributed by atoms with Crippen molar-refractivity contribution in [3.63, 3.8) is 0 Å². The number of esters is 1. The van der Waals surface area contributed by atoms with E-state index in [-0.39, 0.29) is 46.2 Å². The first-order valence-corrected chi connectivity index (χ1v) is 11.7. The molecule has 174 valence electrons. The van der Waals surface area contributed by atoms with E-state index in [0.29, 0.717) is 6.42 Å². The van der Waals surface area contributed by atoms with Gasteiger partial charge in [0.15, 0.2) is 0 Å². The number of unbranched alkanes of at least 4 members (excludes halogenated alkanes) is 11. The molecule has 0 atom stereocenters. The van der Waals surface area contributed by atoms with Crippen LogP contribution in [0.2, 0.25) is 0 Å². The minimum Gasteiger partial charge on any atom is -0.462 e. The molecule has 0 aromatic carbocycles. The molecule has 0 spiro atoms. The smallest absolute Gasteiger partial charge is 0.306 e. The van der Waals surface area contributed by atoms with Crippen LogP contribution in [0.3, 0.4) is 0 Å². The van der Waals surface area contributed by atoms with Gasteiger partial charge in [-0.15, -0.1) is 0 Å². The summed E-state index contributed by atoms with van der Waals surface area (Å²) in [7, 11) is 0. The van der Waals surface area contributed by atoms with E-state index in [0.717, 1.165) is 19.3 Å². The fraction of sp³-hybridized carbons (Fsp3) is 0.875. The van der Waals surface area contributed by atoms with Gasteiger partial charge in [0.25, 0.3) is 0 Å². The van der Waals surface area contributed by atoms with E-state index in [4.69, 9.17) is 4.74 Å². The Kier molecular flexibility index (Phi) is 25.6. The van der Waals surface area contributed by atoms with Gasteiger partial charge in [-0.05, 0) is 57.8 Å². The maximum absolute atomic E-state index is 11.8. The van der Waals surface area contributed by atoms with Crippen LogP contribution in [-0.4, -0.2) is 12.1 Å². The number of ether oxygens (including phenoxy) is 1. The van der Waals surface area contributed by atoms with Crippen molar-refractivity contribution in [2.45, 2.75) is 135 Å². The van der Waals surface area contributed by atoms with Crippen molar-refractivity contribution in [2.75, 3.05) is 0 Å². The molecule has 0 unspecified atom stereocenters. The summed E-state index contributed by atoms with van der Waals surface area (Å²) in [5.74, 6) is 0.0366. The van der Waals surface area contributed by atoms with Gasteiger partial charge in [-0.1, -0.05) is 76.9 Å². The molecule has 0 saturated heterocycles. The maximum Gasteiger partial charge on any atom is 0.306 e. The molecule has 1 aliphatic rings. The second-order valence-electron chi connectivity index (χ2n) is 8.08. The molecule has 0 aliphatic heterocycles. The fourth-order valence-corrected chi connectivity index (χ4v) is 3.77. The van der Waals surface area contributed by atoms with Gasteiger partial charge in [0.05, 0.1) is 0 Å². The summed E-state index contributed by atoms with van der Waals surface area (Å²) in [5, 5.41) is 0. The largest absolute Gasteiger partial charge is 0.462 e. The van der Waals surface area contributed by atoms with E-state index in [1.807, 2.05) is 0 Å². The Labute approximate surface area is 196 Å². The monoisotopic (exact) mass is 490 g/mol. The van der Waals surface area contributed by atoms with Crippen molar-refractivity contribution in [3.8, 4) is 0 Å². The zero-order chi connectivity index (χ0) is 18.7. The maximum atomic E-state index is 11.8. The Balaban J connectivity index is 0. The van der Waals surface area contributed by atoms with Crippen molar-refractivity contribution >= 4 is 5.97 Å². The molecule has 0 aromatic heterocycles. The molecular weight excluding hydrogens is 447 g/mol. The average Bonchev–Trinajstić information content (AvgIpc) is 2.65. The van der Waals surface area contributed by atoms with Crippen molar-refractivity contribution in [1.82, 2.24) is 0 Å². The van der Waals surface area contributed by atoms with Crippen LogP contribution in [0.15, 0.2) is 12.2 Å². The van der Waals surface area contributed by atoms with Crippen molar-refractivity contribution in [1.29, 1.82) is 0 Å². The topological polar surface area (TPSA) is 26.3 Å². The van der Waals surface area contributed by atoms with Crippen LogP contribution < -0.4 is 0 Å². The fourth-order valence-electron chi connectivity index (χ4n) is 3.77. The third kappa shape index (κ3) is 19.6. The first-order valence-electron chi connectivity index (χ1n) is 11.7. The Morgan fingerprint density at radius 2 is 1.25 bits per heavy atom. The minimum absolute atomic E-state index is 0. The SMILES string of the molecule is CCCCCCCC/C=C\CCCCCCCC(=O)OC1CCCCC1.[Cu].[Cu]. The van der Waals surface area contributed by atoms with Crippen LogP contribution in [0, 0.1) is 0 Å². The molecule has 0 heterocycles. The van der Waals surface area contributed by atoms with Gasteiger partial charge in [-0.3, -0.25) is 4.79 Å². The van der Waals surface area contributed by atoms with Gasteiger partial charge >= 0.3 is 5.97 Å². The van der Waals surface area contributed by atoms with Gasteiger partial charge < -0.3 is 4.74 Å². The van der Waals surface area contributed by atoms with Gasteiger partial charge in [-0.2, -0.15) is 0 Å². The van der Waals surface area contributed by atoms with Crippen molar-refractivity contribution in [2.24, 2.45) is 0 Å². The molecule has 2 radical (unpaired) electrons. The van der Waals surface area contributed by atoms with Crippen LogP contribution in [0.1, 0.15) is 129 Å². The molecule has 0 amide bonds. The summed E-state index contributed by atoms with van der Waals surface area (Å²) < 4.78 is 5.56. The van der Waals surface area contributed by atoms with Crippen molar-refractivity contribution in [3.05, 3.63) is 12.2 Å². The molecule has 4 heteroatoms. The second kappa shape index (κ2) is 23.5. The third-order valence-corrected chi connectivity index (χ3v) is 5.49. The summed E-state index contributed by atoms with van der Waals surface area (Å²) in [5.41, 5.74) is 0. The standard InChI is InChI=1S/C24H44O2.2Cu/c1-2-3-4-5-6-7-8-9-10-11-12-13-14-15-19-22-24(25)26-23-20-17-16-18-21-23;;/h9-10,23H,2-8,11-22H2,1H3;;/b10-9-;;. The normalized spacial score (nSPS) is 14.5. The predicted octanol–water partition coefficient (Wildman–Crippen LogP) is 7.89. The van der Waals surface area contributed by atoms with E-state index in [1.54, 1.807) is 0 Å². The first kappa shape index (κ1) is 30.4. The average molecular weight is 492 g/mol. The summed E-state index contributed by atoms with van der Waals surface area (Å²) >= 11 is 0. The molecule has 0 bridgehead atoms. The van der Waals surface area contributed by atoms with Crippen LogP contribution in [0.25, 0.3) is 0 Å². The number of rotatable bonds is 16. The predicted molar refractivity (Wildman–Crippen MR) is 112 cm³/mol. The Bertz CT molecular complexity index is 353. The zero-order valence-electron chi connectivity index (χ0n) is 18.1. The molecule has 0 N–H and O–H groups in total. The van der Waals surface area contributed by atoms with Gasteiger partial charge in [0.2, 0.25) is 0 Å². The van der Waals surface area contributed by atoms with Crippen molar-refractivity contribution < 1.29 is 43.7 Å².